The van der Waals surface area contributed by atoms with E-state index in [4.69, 9.17) is 5.26 Å². The summed E-state index contributed by atoms with van der Waals surface area (Å²) in [6.45, 7) is 5.21. The van der Waals surface area contributed by atoms with Gasteiger partial charge in [0.05, 0.1) is 17.2 Å². The van der Waals surface area contributed by atoms with Crippen LogP contribution in [0.4, 0.5) is 13.2 Å². The SMILES string of the molecule is C=CCN(Cc1ccc(C#N)cc1)C(=O)C1CCN(C(=O)c2ccc(C(F)(F)F)cc2)CC1. The summed E-state index contributed by atoms with van der Waals surface area (Å²) < 4.78 is 38.2. The van der Waals surface area contributed by atoms with Gasteiger partial charge in [0.25, 0.3) is 5.91 Å². The Labute approximate surface area is 190 Å². The van der Waals surface area contributed by atoms with Crippen LogP contribution in [0.15, 0.2) is 61.2 Å². The highest BCUT2D eigenvalue weighted by Gasteiger charge is 2.32. The van der Waals surface area contributed by atoms with E-state index in [9.17, 15) is 22.8 Å². The number of hydrogen-bond acceptors (Lipinski definition) is 3. The lowest BCUT2D eigenvalue weighted by Gasteiger charge is -2.34. The highest BCUT2D eigenvalue weighted by Crippen LogP contribution is 2.29. The molecular weight excluding hydrogens is 431 g/mol. The first kappa shape index (κ1) is 24.1. The molecule has 0 atom stereocenters. The van der Waals surface area contributed by atoms with Crippen molar-refractivity contribution in [1.29, 1.82) is 5.26 Å². The Morgan fingerprint density at radius 1 is 1.09 bits per heavy atom. The second kappa shape index (κ2) is 10.3. The minimum Gasteiger partial charge on any atom is -0.339 e. The molecule has 2 aromatic rings. The Bertz CT molecular complexity index is 1030. The molecule has 0 bridgehead atoms. The molecule has 0 aromatic heterocycles. The van der Waals surface area contributed by atoms with E-state index in [1.54, 1.807) is 28.0 Å². The number of nitriles is 1. The molecular formula is C25H24F3N3O2. The highest BCUT2D eigenvalue weighted by molar-refractivity contribution is 5.94. The summed E-state index contributed by atoms with van der Waals surface area (Å²) in [4.78, 5) is 29.1. The fraction of sp³-hybridized carbons (Fsp3) is 0.320. The number of nitrogens with zero attached hydrogens (tertiary/aromatic N) is 3. The van der Waals surface area contributed by atoms with Crippen molar-refractivity contribution < 1.29 is 22.8 Å². The maximum absolute atomic E-state index is 13.1. The first-order valence-corrected chi connectivity index (χ1v) is 10.6. The molecule has 1 heterocycles. The molecule has 172 valence electrons. The molecule has 8 heteroatoms. The van der Waals surface area contributed by atoms with Gasteiger partial charge in [0.1, 0.15) is 0 Å². The van der Waals surface area contributed by atoms with Crippen molar-refractivity contribution in [3.8, 4) is 6.07 Å². The molecule has 2 amide bonds. The van der Waals surface area contributed by atoms with Crippen molar-refractivity contribution in [2.75, 3.05) is 19.6 Å². The summed E-state index contributed by atoms with van der Waals surface area (Å²) in [6, 6.07) is 13.3. The minimum atomic E-state index is -4.45. The van der Waals surface area contributed by atoms with Gasteiger partial charge in [0.2, 0.25) is 5.91 Å². The van der Waals surface area contributed by atoms with Gasteiger partial charge in [-0.3, -0.25) is 9.59 Å². The lowest BCUT2D eigenvalue weighted by Crippen LogP contribution is -2.44. The molecule has 1 saturated heterocycles. The van der Waals surface area contributed by atoms with Crippen molar-refractivity contribution in [3.05, 3.63) is 83.4 Å². The van der Waals surface area contributed by atoms with E-state index in [0.29, 0.717) is 44.6 Å². The van der Waals surface area contributed by atoms with Crippen molar-refractivity contribution >= 4 is 11.8 Å². The number of likely N-dealkylation sites (tertiary alicyclic amines) is 1. The van der Waals surface area contributed by atoms with Gasteiger partial charge < -0.3 is 9.80 Å². The molecule has 1 fully saturated rings. The first-order valence-electron chi connectivity index (χ1n) is 10.6. The Hall–Kier alpha value is -3.60. The molecule has 5 nitrogen and oxygen atoms in total. The monoisotopic (exact) mass is 455 g/mol. The van der Waals surface area contributed by atoms with Crippen LogP contribution >= 0.6 is 0 Å². The van der Waals surface area contributed by atoms with E-state index in [-0.39, 0.29) is 23.3 Å². The highest BCUT2D eigenvalue weighted by atomic mass is 19.4. The number of hydrogen-bond donors (Lipinski definition) is 0. The van der Waals surface area contributed by atoms with Gasteiger partial charge in [0, 0.05) is 37.7 Å². The predicted octanol–water partition coefficient (Wildman–Crippen LogP) is 4.64. The molecule has 0 unspecified atom stereocenters. The third kappa shape index (κ3) is 6.01. The van der Waals surface area contributed by atoms with Crippen LogP contribution in [0, 0.1) is 17.2 Å². The number of alkyl halides is 3. The summed E-state index contributed by atoms with van der Waals surface area (Å²) in [6.07, 6.45) is -1.83. The summed E-state index contributed by atoms with van der Waals surface area (Å²) in [5, 5.41) is 8.93. The summed E-state index contributed by atoms with van der Waals surface area (Å²) >= 11 is 0. The maximum atomic E-state index is 13.1. The molecule has 33 heavy (non-hydrogen) atoms. The normalized spacial score (nSPS) is 14.4. The van der Waals surface area contributed by atoms with Crippen LogP contribution in [-0.2, 0) is 17.5 Å². The smallest absolute Gasteiger partial charge is 0.339 e. The summed E-state index contributed by atoms with van der Waals surface area (Å²) in [5.74, 6) is -0.615. The zero-order valence-electron chi connectivity index (χ0n) is 18.0. The van der Waals surface area contributed by atoms with E-state index in [1.165, 1.54) is 12.1 Å². The van der Waals surface area contributed by atoms with Crippen molar-refractivity contribution in [3.63, 3.8) is 0 Å². The molecule has 0 radical (unpaired) electrons. The standard InChI is InChI=1S/C25H24F3N3O2/c1-2-13-31(17-19-5-3-18(16-29)4-6-19)24(33)21-11-14-30(15-12-21)23(32)20-7-9-22(10-8-20)25(26,27)28/h2-10,21H,1,11-15,17H2. The molecule has 3 rings (SSSR count). The molecule has 2 aromatic carbocycles. The van der Waals surface area contributed by atoms with Crippen molar-refractivity contribution in [1.82, 2.24) is 9.80 Å². The van der Waals surface area contributed by atoms with E-state index in [2.05, 4.69) is 12.6 Å². The van der Waals surface area contributed by atoms with Crippen LogP contribution in [0.1, 0.15) is 39.9 Å². The largest absolute Gasteiger partial charge is 0.416 e. The van der Waals surface area contributed by atoms with E-state index in [0.717, 1.165) is 17.7 Å². The van der Waals surface area contributed by atoms with Gasteiger partial charge in [0.15, 0.2) is 0 Å². The van der Waals surface area contributed by atoms with Gasteiger partial charge in [-0.15, -0.1) is 6.58 Å². The Kier molecular flexibility index (Phi) is 7.54. The number of benzene rings is 2. The van der Waals surface area contributed by atoms with Crippen LogP contribution < -0.4 is 0 Å². The van der Waals surface area contributed by atoms with Gasteiger partial charge in [-0.2, -0.15) is 18.4 Å². The third-order valence-corrected chi connectivity index (χ3v) is 5.71. The number of halogens is 3. The number of carbonyl (C=O) groups is 2. The first-order chi connectivity index (χ1) is 15.7. The van der Waals surface area contributed by atoms with E-state index < -0.39 is 11.7 Å². The van der Waals surface area contributed by atoms with E-state index >= 15 is 0 Å². The molecule has 0 N–H and O–H groups in total. The fourth-order valence-corrected chi connectivity index (χ4v) is 3.87. The topological polar surface area (TPSA) is 64.4 Å². The Morgan fingerprint density at radius 3 is 2.21 bits per heavy atom. The van der Waals surface area contributed by atoms with Crippen LogP contribution in [0.5, 0.6) is 0 Å². The van der Waals surface area contributed by atoms with Crippen LogP contribution in [0.25, 0.3) is 0 Å². The van der Waals surface area contributed by atoms with Gasteiger partial charge >= 0.3 is 6.18 Å². The minimum absolute atomic E-state index is 0.0270. The van der Waals surface area contributed by atoms with Gasteiger partial charge in [-0.1, -0.05) is 18.2 Å². The fourth-order valence-electron chi connectivity index (χ4n) is 3.87. The lowest BCUT2D eigenvalue weighted by atomic mass is 9.94. The number of amides is 2. The summed E-state index contributed by atoms with van der Waals surface area (Å²) in [7, 11) is 0. The molecule has 0 spiro atoms. The average Bonchev–Trinajstić information content (AvgIpc) is 2.83. The Morgan fingerprint density at radius 2 is 1.70 bits per heavy atom. The summed E-state index contributed by atoms with van der Waals surface area (Å²) in [5.41, 5.74) is 0.847. The third-order valence-electron chi connectivity index (χ3n) is 5.71. The molecule has 0 saturated carbocycles. The zero-order chi connectivity index (χ0) is 24.0. The quantitative estimate of drug-likeness (QED) is 0.596. The van der Waals surface area contributed by atoms with Gasteiger partial charge in [-0.25, -0.2) is 0 Å². The number of piperidine rings is 1. The van der Waals surface area contributed by atoms with Crippen LogP contribution in [0.2, 0.25) is 0 Å². The second-order valence-corrected chi connectivity index (χ2v) is 7.96. The van der Waals surface area contributed by atoms with E-state index in [1.807, 2.05) is 12.1 Å². The predicted molar refractivity (Wildman–Crippen MR) is 117 cm³/mol. The molecule has 1 aliphatic rings. The van der Waals surface area contributed by atoms with Crippen molar-refractivity contribution in [2.24, 2.45) is 5.92 Å². The number of rotatable bonds is 6. The molecule has 0 aliphatic carbocycles. The average molecular weight is 455 g/mol. The zero-order valence-corrected chi connectivity index (χ0v) is 18.0. The maximum Gasteiger partial charge on any atom is 0.416 e. The van der Waals surface area contributed by atoms with Gasteiger partial charge in [-0.05, 0) is 54.8 Å². The lowest BCUT2D eigenvalue weighted by molar-refractivity contribution is -0.138. The number of carbonyl (C=O) groups excluding carboxylic acids is 2. The van der Waals surface area contributed by atoms with Crippen LogP contribution in [0.3, 0.4) is 0 Å². The molecule has 1 aliphatic heterocycles. The van der Waals surface area contributed by atoms with Crippen molar-refractivity contribution in [2.45, 2.75) is 25.6 Å². The Balaban J connectivity index is 1.59. The van der Waals surface area contributed by atoms with Crippen LogP contribution in [-0.4, -0.2) is 41.2 Å². The second-order valence-electron chi connectivity index (χ2n) is 7.96.